The van der Waals surface area contributed by atoms with Gasteiger partial charge in [0, 0.05) is 0 Å². The Morgan fingerprint density at radius 3 is 2.27 bits per heavy atom. The fourth-order valence-corrected chi connectivity index (χ4v) is 0.944. The normalized spacial score (nSPS) is 12.3. The highest BCUT2D eigenvalue weighted by molar-refractivity contribution is 7.87. The molecule has 0 spiro atoms. The van der Waals surface area contributed by atoms with Crippen molar-refractivity contribution in [3.8, 4) is 0 Å². The van der Waals surface area contributed by atoms with Crippen molar-refractivity contribution in [2.75, 3.05) is 20.3 Å². The molecular weight excluding hydrogens is 238 g/mol. The first kappa shape index (κ1) is 14.0. The van der Waals surface area contributed by atoms with E-state index in [4.69, 9.17) is 0 Å². The van der Waals surface area contributed by atoms with Gasteiger partial charge in [-0.15, -0.1) is 0 Å². The average molecular weight is 248 g/mol. The predicted octanol–water partition coefficient (Wildman–Crippen LogP) is 0.729. The number of ether oxygens (including phenoxy) is 2. The summed E-state index contributed by atoms with van der Waals surface area (Å²) < 4.78 is 58.3. The maximum absolute atomic E-state index is 12.8. The Labute approximate surface area is 85.2 Å². The highest BCUT2D eigenvalue weighted by atomic mass is 32.2. The Hall–Kier alpha value is -0.960. The Kier molecular flexibility index (Phi) is 4.88. The van der Waals surface area contributed by atoms with Crippen LogP contribution in [0, 0.1) is 0 Å². The number of carbonyl (C=O) groups is 1. The number of rotatable bonds is 5. The Morgan fingerprint density at radius 2 is 1.87 bits per heavy atom. The summed E-state index contributed by atoms with van der Waals surface area (Å²) in [5, 5.41) is -4.30. The van der Waals surface area contributed by atoms with E-state index in [1.807, 2.05) is 0 Å². The van der Waals surface area contributed by atoms with Gasteiger partial charge in [-0.1, -0.05) is 0 Å². The summed E-state index contributed by atoms with van der Waals surface area (Å²) in [7, 11) is -4.50. The van der Waals surface area contributed by atoms with Crippen molar-refractivity contribution in [1.29, 1.82) is 0 Å². The summed E-state index contributed by atoms with van der Waals surface area (Å²) >= 11 is 0. The molecular formula is C6H10F2O6S. The molecule has 0 aromatic carbocycles. The number of carbonyl (C=O) groups excluding carboxylic acids is 1. The van der Waals surface area contributed by atoms with Crippen molar-refractivity contribution in [1.82, 2.24) is 0 Å². The quantitative estimate of drug-likeness (QED) is 0.527. The van der Waals surface area contributed by atoms with Crippen LogP contribution in [0.4, 0.5) is 13.6 Å². The van der Waals surface area contributed by atoms with Crippen LogP contribution in [0.1, 0.15) is 6.92 Å². The molecule has 0 unspecified atom stereocenters. The number of hydrogen-bond donors (Lipinski definition) is 0. The highest BCUT2D eigenvalue weighted by Crippen LogP contribution is 2.23. The maximum Gasteiger partial charge on any atom is 0.508 e. The van der Waals surface area contributed by atoms with Crippen LogP contribution < -0.4 is 0 Å². The van der Waals surface area contributed by atoms with Gasteiger partial charge in [0.15, 0.2) is 6.61 Å². The zero-order valence-electron chi connectivity index (χ0n) is 8.03. The summed E-state index contributed by atoms with van der Waals surface area (Å²) in [5.41, 5.74) is 0. The minimum Gasteiger partial charge on any atom is -0.435 e. The molecule has 0 aliphatic rings. The fraction of sp³-hybridized carbons (Fsp3) is 0.833. The third kappa shape index (κ3) is 3.96. The monoisotopic (exact) mass is 248 g/mol. The summed E-state index contributed by atoms with van der Waals surface area (Å²) in [6.45, 7) is -0.283. The molecule has 15 heavy (non-hydrogen) atoms. The van der Waals surface area contributed by atoms with Crippen molar-refractivity contribution in [3.63, 3.8) is 0 Å². The smallest absolute Gasteiger partial charge is 0.435 e. The highest BCUT2D eigenvalue weighted by Gasteiger charge is 2.47. The van der Waals surface area contributed by atoms with Gasteiger partial charge in [0.25, 0.3) is 0 Å². The van der Waals surface area contributed by atoms with E-state index in [0.717, 1.165) is 0 Å². The molecule has 0 radical (unpaired) electrons. The molecule has 90 valence electrons. The van der Waals surface area contributed by atoms with Crippen LogP contribution in [0.15, 0.2) is 0 Å². The molecule has 0 fully saturated rings. The van der Waals surface area contributed by atoms with E-state index in [-0.39, 0.29) is 6.61 Å². The van der Waals surface area contributed by atoms with E-state index in [1.165, 1.54) is 6.92 Å². The van der Waals surface area contributed by atoms with Gasteiger partial charge < -0.3 is 9.47 Å². The molecule has 0 saturated carbocycles. The molecule has 6 nitrogen and oxygen atoms in total. The molecule has 0 N–H and O–H groups in total. The van der Waals surface area contributed by atoms with Gasteiger partial charge in [-0.2, -0.15) is 17.2 Å². The second kappa shape index (κ2) is 5.21. The lowest BCUT2D eigenvalue weighted by Crippen LogP contribution is -2.35. The third-order valence-corrected chi connectivity index (χ3v) is 2.49. The van der Waals surface area contributed by atoms with Gasteiger partial charge >= 0.3 is 21.5 Å². The average Bonchev–Trinajstić information content (AvgIpc) is 2.15. The Morgan fingerprint density at radius 1 is 1.33 bits per heavy atom. The van der Waals surface area contributed by atoms with Gasteiger partial charge in [0.05, 0.1) is 13.7 Å². The lowest BCUT2D eigenvalue weighted by Gasteiger charge is -2.14. The molecule has 0 bridgehead atoms. The summed E-state index contributed by atoms with van der Waals surface area (Å²) in [4.78, 5) is 10.5. The van der Waals surface area contributed by atoms with Crippen molar-refractivity contribution in [2.24, 2.45) is 0 Å². The number of halogens is 2. The topological polar surface area (TPSA) is 78.9 Å². The van der Waals surface area contributed by atoms with E-state index >= 15 is 0 Å². The fourth-order valence-electron chi connectivity index (χ4n) is 0.497. The third-order valence-electron chi connectivity index (χ3n) is 1.21. The van der Waals surface area contributed by atoms with Gasteiger partial charge in [-0.05, 0) is 6.92 Å². The van der Waals surface area contributed by atoms with Gasteiger partial charge in [0.2, 0.25) is 0 Å². The molecule has 0 heterocycles. The predicted molar refractivity (Wildman–Crippen MR) is 43.8 cm³/mol. The van der Waals surface area contributed by atoms with Crippen LogP contribution in [0.3, 0.4) is 0 Å². The minimum absolute atomic E-state index is 0.0680. The largest absolute Gasteiger partial charge is 0.508 e. The van der Waals surface area contributed by atoms with Crippen LogP contribution in [-0.4, -0.2) is 40.2 Å². The summed E-state index contributed by atoms with van der Waals surface area (Å²) in [6.07, 6.45) is -1.37. The Balaban J connectivity index is 4.34. The second-order valence-electron chi connectivity index (χ2n) is 2.23. The zero-order valence-corrected chi connectivity index (χ0v) is 8.84. The van der Waals surface area contributed by atoms with Gasteiger partial charge in [0.1, 0.15) is 0 Å². The first-order valence-corrected chi connectivity index (χ1v) is 5.15. The van der Waals surface area contributed by atoms with E-state index in [0.29, 0.717) is 7.11 Å². The van der Waals surface area contributed by atoms with Crippen LogP contribution in [0.5, 0.6) is 0 Å². The molecule has 0 aliphatic carbocycles. The zero-order chi connectivity index (χ0) is 12.1. The van der Waals surface area contributed by atoms with E-state index in [2.05, 4.69) is 13.7 Å². The first-order chi connectivity index (χ1) is 6.77. The molecule has 0 aliphatic heterocycles. The van der Waals surface area contributed by atoms with E-state index in [1.54, 1.807) is 0 Å². The van der Waals surface area contributed by atoms with Crippen LogP contribution in [-0.2, 0) is 23.8 Å². The molecule has 0 aromatic heterocycles. The SMILES string of the molecule is CCOC(=O)OCC(F)(F)S(=O)(=O)OC. The lowest BCUT2D eigenvalue weighted by molar-refractivity contribution is -0.0193. The van der Waals surface area contributed by atoms with Crippen LogP contribution >= 0.6 is 0 Å². The molecule has 0 atom stereocenters. The van der Waals surface area contributed by atoms with Crippen molar-refractivity contribution in [2.45, 2.75) is 12.2 Å². The van der Waals surface area contributed by atoms with E-state index < -0.39 is 28.1 Å². The molecule has 0 saturated heterocycles. The molecule has 0 rings (SSSR count). The van der Waals surface area contributed by atoms with Crippen molar-refractivity contribution >= 4 is 16.3 Å². The number of alkyl halides is 2. The van der Waals surface area contributed by atoms with Crippen LogP contribution in [0.2, 0.25) is 0 Å². The van der Waals surface area contributed by atoms with E-state index in [9.17, 15) is 22.0 Å². The molecule has 0 amide bonds. The number of hydrogen-bond acceptors (Lipinski definition) is 6. The van der Waals surface area contributed by atoms with Crippen molar-refractivity contribution in [3.05, 3.63) is 0 Å². The van der Waals surface area contributed by atoms with Crippen molar-refractivity contribution < 1.29 is 35.6 Å². The molecule has 0 aromatic rings. The summed E-state index contributed by atoms with van der Waals surface area (Å²) in [5.74, 6) is 0. The summed E-state index contributed by atoms with van der Waals surface area (Å²) in [6, 6.07) is 0. The van der Waals surface area contributed by atoms with Gasteiger partial charge in [-0.25, -0.2) is 4.79 Å². The lowest BCUT2D eigenvalue weighted by atomic mass is 10.7. The first-order valence-electron chi connectivity index (χ1n) is 3.74. The Bertz CT molecular complexity index is 312. The van der Waals surface area contributed by atoms with Gasteiger partial charge in [-0.3, -0.25) is 4.18 Å². The molecule has 9 heteroatoms. The second-order valence-corrected chi connectivity index (χ2v) is 4.07. The maximum atomic E-state index is 12.8. The van der Waals surface area contributed by atoms with Crippen LogP contribution in [0.25, 0.3) is 0 Å². The minimum atomic E-state index is -5.07. The standard InChI is InChI=1S/C6H10F2O6S/c1-3-13-5(9)14-4-6(7,8)15(10,11)12-2/h3-4H2,1-2H3.